The number of rotatable bonds is 6. The molecule has 2 rings (SSSR count). The van der Waals surface area contributed by atoms with Crippen LogP contribution in [0.5, 0.6) is 0 Å². The predicted molar refractivity (Wildman–Crippen MR) is 98.6 cm³/mol. The standard InChI is InChI=1S/C18H25N5O2/c1-5-14-7-6-8-15(9-14)23-16(24)10-20-18(19-4)21-11-17-22-12(2)13(3)25-17/h6-9H,5,10-11H2,1-4H3,(H,23,24)(H2,19,20,21). The molecule has 0 aliphatic heterocycles. The van der Waals surface area contributed by atoms with Crippen LogP contribution < -0.4 is 16.0 Å². The number of aliphatic imine (C=N–C) groups is 1. The molecule has 0 saturated heterocycles. The number of amides is 1. The van der Waals surface area contributed by atoms with Crippen LogP contribution in [0.2, 0.25) is 0 Å². The zero-order valence-corrected chi connectivity index (χ0v) is 15.1. The van der Waals surface area contributed by atoms with E-state index >= 15 is 0 Å². The number of hydrogen-bond acceptors (Lipinski definition) is 4. The molecule has 2 aromatic rings. The normalized spacial score (nSPS) is 11.3. The van der Waals surface area contributed by atoms with E-state index in [1.807, 2.05) is 38.1 Å². The van der Waals surface area contributed by atoms with Crippen LogP contribution in [0, 0.1) is 13.8 Å². The highest BCUT2D eigenvalue weighted by atomic mass is 16.4. The number of carbonyl (C=O) groups is 1. The average Bonchev–Trinajstić information content (AvgIpc) is 2.93. The van der Waals surface area contributed by atoms with Gasteiger partial charge < -0.3 is 20.4 Å². The van der Waals surface area contributed by atoms with Crippen molar-refractivity contribution in [3.8, 4) is 0 Å². The van der Waals surface area contributed by atoms with E-state index in [2.05, 4.69) is 32.9 Å². The first-order valence-corrected chi connectivity index (χ1v) is 8.28. The second-order valence-corrected chi connectivity index (χ2v) is 5.63. The number of nitrogens with zero attached hydrogens (tertiary/aromatic N) is 2. The number of oxazole rings is 1. The Morgan fingerprint density at radius 2 is 2.08 bits per heavy atom. The van der Waals surface area contributed by atoms with Crippen LogP contribution in [0.1, 0.15) is 29.8 Å². The van der Waals surface area contributed by atoms with Gasteiger partial charge in [-0.2, -0.15) is 0 Å². The second kappa shape index (κ2) is 8.86. The van der Waals surface area contributed by atoms with Gasteiger partial charge in [0.05, 0.1) is 18.8 Å². The maximum Gasteiger partial charge on any atom is 0.243 e. The maximum atomic E-state index is 12.1. The lowest BCUT2D eigenvalue weighted by molar-refractivity contribution is -0.115. The number of aromatic nitrogens is 1. The first kappa shape index (κ1) is 18.5. The van der Waals surface area contributed by atoms with Gasteiger partial charge in [-0.3, -0.25) is 9.79 Å². The Bertz CT molecular complexity index is 732. The molecule has 0 unspecified atom stereocenters. The van der Waals surface area contributed by atoms with Gasteiger partial charge in [-0.1, -0.05) is 19.1 Å². The SMILES string of the molecule is CCc1cccc(NC(=O)CNC(=NC)NCc2nc(C)c(C)o2)c1. The molecule has 7 heteroatoms. The predicted octanol–water partition coefficient (Wildman–Crippen LogP) is 2.16. The molecule has 0 saturated carbocycles. The summed E-state index contributed by atoms with van der Waals surface area (Å²) in [7, 11) is 1.64. The smallest absolute Gasteiger partial charge is 0.243 e. The van der Waals surface area contributed by atoms with Crippen LogP contribution in [-0.2, 0) is 17.8 Å². The molecule has 1 heterocycles. The van der Waals surface area contributed by atoms with Crippen molar-refractivity contribution >= 4 is 17.6 Å². The van der Waals surface area contributed by atoms with Crippen molar-refractivity contribution < 1.29 is 9.21 Å². The highest BCUT2D eigenvalue weighted by molar-refractivity contribution is 5.95. The van der Waals surface area contributed by atoms with Gasteiger partial charge in [-0.15, -0.1) is 0 Å². The summed E-state index contributed by atoms with van der Waals surface area (Å²) in [6.45, 7) is 6.35. The summed E-state index contributed by atoms with van der Waals surface area (Å²) in [5, 5.41) is 8.90. The van der Waals surface area contributed by atoms with E-state index in [0.717, 1.165) is 23.6 Å². The molecule has 0 aliphatic rings. The Labute approximate surface area is 147 Å². The second-order valence-electron chi connectivity index (χ2n) is 5.63. The Hall–Kier alpha value is -2.83. The van der Waals surface area contributed by atoms with Crippen LogP contribution in [0.3, 0.4) is 0 Å². The summed E-state index contributed by atoms with van der Waals surface area (Å²) in [5.41, 5.74) is 2.84. The van der Waals surface area contributed by atoms with Crippen LogP contribution in [0.15, 0.2) is 33.7 Å². The summed E-state index contributed by atoms with van der Waals surface area (Å²) < 4.78 is 5.50. The lowest BCUT2D eigenvalue weighted by Crippen LogP contribution is -2.41. The molecule has 0 aliphatic carbocycles. The van der Waals surface area contributed by atoms with E-state index in [1.165, 1.54) is 5.56 Å². The molecular formula is C18H25N5O2. The van der Waals surface area contributed by atoms with Crippen LogP contribution >= 0.6 is 0 Å². The third-order valence-electron chi connectivity index (χ3n) is 3.74. The monoisotopic (exact) mass is 343 g/mol. The largest absolute Gasteiger partial charge is 0.444 e. The van der Waals surface area contributed by atoms with Crippen molar-refractivity contribution in [1.82, 2.24) is 15.6 Å². The van der Waals surface area contributed by atoms with Crippen molar-refractivity contribution in [3.05, 3.63) is 47.2 Å². The number of aryl methyl sites for hydroxylation is 3. The molecule has 134 valence electrons. The Balaban J connectivity index is 1.80. The molecule has 0 spiro atoms. The fourth-order valence-corrected chi connectivity index (χ4v) is 2.23. The Morgan fingerprint density at radius 1 is 1.28 bits per heavy atom. The van der Waals surface area contributed by atoms with E-state index in [-0.39, 0.29) is 12.5 Å². The van der Waals surface area contributed by atoms with E-state index in [0.29, 0.717) is 18.4 Å². The molecule has 0 atom stereocenters. The van der Waals surface area contributed by atoms with Gasteiger partial charge in [0.25, 0.3) is 0 Å². The molecule has 1 aromatic heterocycles. The number of anilines is 1. The van der Waals surface area contributed by atoms with Gasteiger partial charge in [0, 0.05) is 12.7 Å². The van der Waals surface area contributed by atoms with Crippen LogP contribution in [-0.4, -0.2) is 30.4 Å². The van der Waals surface area contributed by atoms with Gasteiger partial charge in [0.1, 0.15) is 5.76 Å². The van der Waals surface area contributed by atoms with Gasteiger partial charge in [0.2, 0.25) is 11.8 Å². The number of carbonyl (C=O) groups excluding carboxylic acids is 1. The van der Waals surface area contributed by atoms with Gasteiger partial charge >= 0.3 is 0 Å². The quantitative estimate of drug-likeness (QED) is 0.552. The number of hydrogen-bond donors (Lipinski definition) is 3. The van der Waals surface area contributed by atoms with Crippen molar-refractivity contribution in [2.75, 3.05) is 18.9 Å². The number of guanidine groups is 1. The Kier molecular flexibility index (Phi) is 6.56. The molecule has 25 heavy (non-hydrogen) atoms. The highest BCUT2D eigenvalue weighted by Crippen LogP contribution is 2.10. The highest BCUT2D eigenvalue weighted by Gasteiger charge is 2.08. The summed E-state index contributed by atoms with van der Waals surface area (Å²) in [5.74, 6) is 1.75. The maximum absolute atomic E-state index is 12.1. The first-order valence-electron chi connectivity index (χ1n) is 8.28. The molecule has 3 N–H and O–H groups in total. The van der Waals surface area contributed by atoms with Crippen molar-refractivity contribution in [3.63, 3.8) is 0 Å². The van der Waals surface area contributed by atoms with Crippen molar-refractivity contribution in [2.24, 2.45) is 4.99 Å². The van der Waals surface area contributed by atoms with Crippen LogP contribution in [0.4, 0.5) is 5.69 Å². The topological polar surface area (TPSA) is 91.5 Å². The lowest BCUT2D eigenvalue weighted by atomic mass is 10.1. The summed E-state index contributed by atoms with van der Waals surface area (Å²) in [6.07, 6.45) is 0.929. The molecule has 1 amide bonds. The zero-order valence-electron chi connectivity index (χ0n) is 15.1. The molecule has 1 aromatic carbocycles. The molecule has 0 fully saturated rings. The summed E-state index contributed by atoms with van der Waals surface area (Å²) in [6, 6.07) is 7.81. The third-order valence-corrected chi connectivity index (χ3v) is 3.74. The fourth-order valence-electron chi connectivity index (χ4n) is 2.23. The van der Waals surface area contributed by atoms with Gasteiger partial charge in [0.15, 0.2) is 5.96 Å². The Morgan fingerprint density at radius 3 is 2.72 bits per heavy atom. The number of benzene rings is 1. The summed E-state index contributed by atoms with van der Waals surface area (Å²) >= 11 is 0. The third kappa shape index (κ3) is 5.63. The first-order chi connectivity index (χ1) is 12.0. The molecule has 0 bridgehead atoms. The van der Waals surface area contributed by atoms with E-state index in [9.17, 15) is 4.79 Å². The fraction of sp³-hybridized carbons (Fsp3) is 0.389. The van der Waals surface area contributed by atoms with Gasteiger partial charge in [-0.25, -0.2) is 4.98 Å². The average molecular weight is 343 g/mol. The number of nitrogens with one attached hydrogen (secondary N) is 3. The van der Waals surface area contributed by atoms with Crippen LogP contribution in [0.25, 0.3) is 0 Å². The van der Waals surface area contributed by atoms with Crippen molar-refractivity contribution in [1.29, 1.82) is 0 Å². The minimum atomic E-state index is -0.140. The van der Waals surface area contributed by atoms with Gasteiger partial charge in [-0.05, 0) is 38.0 Å². The zero-order chi connectivity index (χ0) is 18.2. The van der Waals surface area contributed by atoms with E-state index in [1.54, 1.807) is 7.05 Å². The molecule has 7 nitrogen and oxygen atoms in total. The lowest BCUT2D eigenvalue weighted by Gasteiger charge is -2.11. The van der Waals surface area contributed by atoms with Crippen molar-refractivity contribution in [2.45, 2.75) is 33.7 Å². The van der Waals surface area contributed by atoms with E-state index < -0.39 is 0 Å². The molecular weight excluding hydrogens is 318 g/mol. The summed E-state index contributed by atoms with van der Waals surface area (Å²) in [4.78, 5) is 20.4. The minimum absolute atomic E-state index is 0.111. The minimum Gasteiger partial charge on any atom is -0.444 e. The van der Waals surface area contributed by atoms with E-state index in [4.69, 9.17) is 4.42 Å². The molecule has 0 radical (unpaired) electrons.